The van der Waals surface area contributed by atoms with Gasteiger partial charge in [0.1, 0.15) is 0 Å². The molecule has 0 aromatic carbocycles. The smallest absolute Gasteiger partial charge is 0.303 e. The maximum atomic E-state index is 10.7. The number of hydrogen-bond acceptors (Lipinski definition) is 4. The van der Waals surface area contributed by atoms with Gasteiger partial charge in [-0.3, -0.25) is 4.79 Å². The summed E-state index contributed by atoms with van der Waals surface area (Å²) in [4.78, 5) is 10.7. The van der Waals surface area contributed by atoms with E-state index in [1.165, 1.54) is 6.92 Å². The molecule has 4 nitrogen and oxygen atoms in total. The number of hydrogen-bond donors (Lipinski definition) is 0. The second-order valence-electron chi connectivity index (χ2n) is 5.77. The summed E-state index contributed by atoms with van der Waals surface area (Å²) in [5.41, 5.74) is -0.490. The van der Waals surface area contributed by atoms with Crippen LogP contribution in [0.5, 0.6) is 0 Å². The highest BCUT2D eigenvalue weighted by molar-refractivity contribution is 5.66. The summed E-state index contributed by atoms with van der Waals surface area (Å²) in [5, 5.41) is 19.3. The topological polar surface area (TPSA) is 73.9 Å². The maximum absolute atomic E-state index is 10.7. The van der Waals surface area contributed by atoms with Crippen LogP contribution in [0.25, 0.3) is 0 Å². The predicted molar refractivity (Wildman–Crippen MR) is 85.2 cm³/mol. The Balaban J connectivity index is 2.24. The fourth-order valence-electron chi connectivity index (χ4n) is 3.17. The molecule has 0 heterocycles. The van der Waals surface area contributed by atoms with Crippen LogP contribution in [0.3, 0.4) is 0 Å². The van der Waals surface area contributed by atoms with Gasteiger partial charge >= 0.3 is 5.97 Å². The molecule has 0 aromatic heterocycles. The van der Waals surface area contributed by atoms with Crippen LogP contribution >= 0.6 is 0 Å². The van der Waals surface area contributed by atoms with Crippen LogP contribution < -0.4 is 0 Å². The first-order chi connectivity index (χ1) is 11.1. The Bertz CT molecular complexity index is 692. The Kier molecular flexibility index (Phi) is 5.05. The van der Waals surface area contributed by atoms with Crippen LogP contribution in [0, 0.1) is 57.7 Å². The van der Waals surface area contributed by atoms with Crippen LogP contribution in [0.15, 0.2) is 36.5 Å². The van der Waals surface area contributed by atoms with E-state index in [4.69, 9.17) is 4.74 Å². The molecule has 3 atom stereocenters. The zero-order valence-corrected chi connectivity index (χ0v) is 13.1. The molecule has 0 amide bonds. The lowest BCUT2D eigenvalue weighted by Gasteiger charge is -2.33. The summed E-state index contributed by atoms with van der Waals surface area (Å²) in [7, 11) is 0. The van der Waals surface area contributed by atoms with Crippen molar-refractivity contribution in [2.24, 2.45) is 23.2 Å². The molecular formula is C19H18N2O2. The van der Waals surface area contributed by atoms with Gasteiger partial charge < -0.3 is 4.74 Å². The van der Waals surface area contributed by atoms with Gasteiger partial charge in [0.25, 0.3) is 0 Å². The van der Waals surface area contributed by atoms with E-state index in [9.17, 15) is 15.3 Å². The molecule has 116 valence electrons. The van der Waals surface area contributed by atoms with E-state index in [-0.39, 0.29) is 24.9 Å². The van der Waals surface area contributed by atoms with Crippen LogP contribution in [-0.2, 0) is 9.53 Å². The van der Waals surface area contributed by atoms with Gasteiger partial charge in [0, 0.05) is 19.3 Å². The van der Waals surface area contributed by atoms with Gasteiger partial charge in [0.15, 0.2) is 12.0 Å². The minimum atomic E-state index is -1.29. The highest BCUT2D eigenvalue weighted by atomic mass is 16.5. The summed E-state index contributed by atoms with van der Waals surface area (Å²) in [6, 6.07) is 4.31. The fraction of sp³-hybridized carbons (Fsp3) is 0.421. The third-order valence-corrected chi connectivity index (χ3v) is 4.32. The van der Waals surface area contributed by atoms with Crippen molar-refractivity contribution in [3.8, 4) is 24.0 Å². The molecule has 0 spiro atoms. The van der Waals surface area contributed by atoms with Crippen molar-refractivity contribution >= 4 is 5.97 Å². The standard InChI is InChI=1S/C19H18N2O2/c1-3-17-16-7-6-15(10-16)11-18(17)19(12-20,13-21)8-4-5-9-23-14(2)22/h3,6-7,11,15-17H,1,8-10H2,2H3/t15?,16-,17+/m1/s1. The lowest BCUT2D eigenvalue weighted by molar-refractivity contribution is -0.139. The first kappa shape index (κ1) is 16.6. The van der Waals surface area contributed by atoms with Crippen molar-refractivity contribution in [2.75, 3.05) is 6.61 Å². The van der Waals surface area contributed by atoms with Crippen molar-refractivity contribution < 1.29 is 9.53 Å². The van der Waals surface area contributed by atoms with Gasteiger partial charge in [-0.2, -0.15) is 10.5 Å². The minimum absolute atomic E-state index is 0.0143. The zero-order chi connectivity index (χ0) is 16.9. The van der Waals surface area contributed by atoms with Crippen molar-refractivity contribution in [1.82, 2.24) is 0 Å². The molecule has 2 aliphatic carbocycles. The number of ether oxygens (including phenoxy) is 1. The number of nitriles is 2. The quantitative estimate of drug-likeness (QED) is 0.455. The fourth-order valence-corrected chi connectivity index (χ4v) is 3.17. The number of nitrogens with zero attached hydrogens (tertiary/aromatic N) is 2. The Labute approximate surface area is 136 Å². The Morgan fingerprint density at radius 2 is 2.17 bits per heavy atom. The normalized spacial score (nSPS) is 24.5. The average molecular weight is 306 g/mol. The van der Waals surface area contributed by atoms with E-state index in [0.29, 0.717) is 5.92 Å². The molecule has 0 N–H and O–H groups in total. The summed E-state index contributed by atoms with van der Waals surface area (Å²) < 4.78 is 4.74. The molecule has 0 aliphatic heterocycles. The molecule has 0 aromatic rings. The Morgan fingerprint density at radius 1 is 1.43 bits per heavy atom. The third-order valence-electron chi connectivity index (χ3n) is 4.32. The van der Waals surface area contributed by atoms with Crippen molar-refractivity contribution in [3.05, 3.63) is 36.5 Å². The Morgan fingerprint density at radius 3 is 2.78 bits per heavy atom. The minimum Gasteiger partial charge on any atom is -0.453 e. The molecule has 4 heteroatoms. The number of esters is 1. The molecule has 0 saturated heterocycles. The van der Waals surface area contributed by atoms with Crippen molar-refractivity contribution in [2.45, 2.75) is 19.8 Å². The van der Waals surface area contributed by atoms with Gasteiger partial charge in [0.2, 0.25) is 0 Å². The van der Waals surface area contributed by atoms with Gasteiger partial charge in [0.05, 0.1) is 12.1 Å². The van der Waals surface area contributed by atoms with Crippen molar-refractivity contribution in [3.63, 3.8) is 0 Å². The Hall–Kier alpha value is -2.77. The summed E-state index contributed by atoms with van der Waals surface area (Å²) in [5.74, 6) is 5.65. The number of allylic oxidation sites excluding steroid dienone is 5. The van der Waals surface area contributed by atoms with E-state index in [1.54, 1.807) is 0 Å². The molecular weight excluding hydrogens is 288 g/mol. The average Bonchev–Trinajstić information content (AvgIpc) is 2.93. The van der Waals surface area contributed by atoms with E-state index >= 15 is 0 Å². The lowest BCUT2D eigenvalue weighted by Crippen LogP contribution is -2.30. The number of carbonyl (C=O) groups excluding carboxylic acids is 1. The van der Waals surface area contributed by atoms with Crippen LogP contribution in [0.4, 0.5) is 0 Å². The van der Waals surface area contributed by atoms with Crippen LogP contribution in [0.1, 0.15) is 19.8 Å². The van der Waals surface area contributed by atoms with Crippen LogP contribution in [0.2, 0.25) is 0 Å². The molecule has 2 aliphatic rings. The lowest BCUT2D eigenvalue weighted by atomic mass is 9.66. The first-order valence-electron chi connectivity index (χ1n) is 7.51. The SMILES string of the molecule is C=C[C@@H]1C(C(C#N)(C#N)CC#CCOC(C)=O)=CC2C=C[C@@H]1C2. The highest BCUT2D eigenvalue weighted by Gasteiger charge is 2.43. The molecule has 2 rings (SSSR count). The van der Waals surface area contributed by atoms with E-state index in [2.05, 4.69) is 42.7 Å². The van der Waals surface area contributed by atoms with E-state index in [0.717, 1.165) is 12.0 Å². The molecule has 0 radical (unpaired) electrons. The largest absolute Gasteiger partial charge is 0.453 e. The molecule has 0 fully saturated rings. The van der Waals surface area contributed by atoms with Gasteiger partial charge in [-0.05, 0) is 23.8 Å². The predicted octanol–water partition coefficient (Wildman–Crippen LogP) is 2.91. The molecule has 23 heavy (non-hydrogen) atoms. The summed E-state index contributed by atoms with van der Waals surface area (Å²) in [6.45, 7) is 5.15. The second kappa shape index (κ2) is 6.99. The monoisotopic (exact) mass is 306 g/mol. The first-order valence-corrected chi connectivity index (χ1v) is 7.51. The second-order valence-corrected chi connectivity index (χ2v) is 5.77. The van der Waals surface area contributed by atoms with E-state index < -0.39 is 11.4 Å². The zero-order valence-electron chi connectivity index (χ0n) is 13.1. The molecule has 1 unspecified atom stereocenters. The summed E-state index contributed by atoms with van der Waals surface area (Å²) >= 11 is 0. The van der Waals surface area contributed by atoms with Crippen LogP contribution in [-0.4, -0.2) is 12.6 Å². The highest BCUT2D eigenvalue weighted by Crippen LogP contribution is 2.48. The molecule has 2 bridgehead atoms. The van der Waals surface area contributed by atoms with E-state index in [1.807, 2.05) is 12.2 Å². The number of carbonyl (C=O) groups is 1. The number of fused-ring (bicyclic) bond motifs is 2. The van der Waals surface area contributed by atoms with Gasteiger partial charge in [-0.25, -0.2) is 0 Å². The summed E-state index contributed by atoms with van der Waals surface area (Å²) in [6.07, 6.45) is 9.21. The number of rotatable bonds is 4. The van der Waals surface area contributed by atoms with Crippen molar-refractivity contribution in [1.29, 1.82) is 10.5 Å². The van der Waals surface area contributed by atoms with Gasteiger partial charge in [-0.1, -0.05) is 36.1 Å². The molecule has 0 saturated carbocycles. The third kappa shape index (κ3) is 3.36. The van der Waals surface area contributed by atoms with Gasteiger partial charge in [-0.15, -0.1) is 6.58 Å². The maximum Gasteiger partial charge on any atom is 0.303 e.